The average Bonchev–Trinajstić information content (AvgIpc) is 2.74. The summed E-state index contributed by atoms with van der Waals surface area (Å²) < 4.78 is 11.1. The molecule has 3 aromatic rings. The van der Waals surface area contributed by atoms with Crippen molar-refractivity contribution in [1.82, 2.24) is 5.32 Å². The molecule has 0 atom stereocenters. The second kappa shape index (κ2) is 10.2. The van der Waals surface area contributed by atoms with Crippen molar-refractivity contribution in [3.63, 3.8) is 0 Å². The Hall–Kier alpha value is -3.38. The van der Waals surface area contributed by atoms with Crippen LogP contribution in [0.15, 0.2) is 78.9 Å². The summed E-state index contributed by atoms with van der Waals surface area (Å²) in [5.41, 5.74) is 2.36. The summed E-state index contributed by atoms with van der Waals surface area (Å²) in [7, 11) is 0. The first kappa shape index (κ1) is 20.4. The molecule has 0 heterocycles. The number of amides is 1. The molecule has 0 aliphatic carbocycles. The van der Waals surface area contributed by atoms with E-state index in [0.717, 1.165) is 22.7 Å². The third-order valence-corrected chi connectivity index (χ3v) is 4.22. The van der Waals surface area contributed by atoms with Crippen LogP contribution in [-0.4, -0.2) is 17.6 Å². The molecule has 0 fully saturated rings. The Morgan fingerprint density at radius 1 is 0.862 bits per heavy atom. The highest BCUT2D eigenvalue weighted by Gasteiger charge is 2.08. The van der Waals surface area contributed by atoms with Crippen LogP contribution in [0.3, 0.4) is 0 Å². The first-order valence-electron chi connectivity index (χ1n) is 9.26. The Balaban J connectivity index is 1.49. The summed E-state index contributed by atoms with van der Waals surface area (Å²) in [5.74, 6) is 1.19. The Morgan fingerprint density at radius 2 is 1.48 bits per heavy atom. The van der Waals surface area contributed by atoms with E-state index < -0.39 is 0 Å². The summed E-state index contributed by atoms with van der Waals surface area (Å²) in [4.78, 5) is 12.3. The molecule has 3 aromatic carbocycles. The minimum Gasteiger partial charge on any atom is -0.494 e. The Labute approximate surface area is 175 Å². The third-order valence-electron chi connectivity index (χ3n) is 4.02. The predicted molar refractivity (Wildman–Crippen MR) is 119 cm³/mol. The molecule has 3 rings (SSSR count). The van der Waals surface area contributed by atoms with Crippen LogP contribution in [0.25, 0.3) is 0 Å². The molecule has 0 aliphatic heterocycles. The predicted octanol–water partition coefficient (Wildman–Crippen LogP) is 4.79. The molecular weight excluding hydrogens is 384 g/mol. The fourth-order valence-electron chi connectivity index (χ4n) is 2.58. The summed E-state index contributed by atoms with van der Waals surface area (Å²) >= 11 is 5.23. The lowest BCUT2D eigenvalue weighted by Gasteiger charge is -2.11. The van der Waals surface area contributed by atoms with E-state index in [0.29, 0.717) is 18.8 Å². The molecule has 6 heteroatoms. The lowest BCUT2D eigenvalue weighted by Crippen LogP contribution is -2.34. The van der Waals surface area contributed by atoms with Gasteiger partial charge in [-0.1, -0.05) is 30.3 Å². The van der Waals surface area contributed by atoms with Gasteiger partial charge in [0.05, 0.1) is 6.61 Å². The van der Waals surface area contributed by atoms with Gasteiger partial charge in [0, 0.05) is 11.3 Å². The monoisotopic (exact) mass is 406 g/mol. The maximum atomic E-state index is 12.3. The summed E-state index contributed by atoms with van der Waals surface area (Å²) in [5, 5.41) is 5.89. The zero-order valence-electron chi connectivity index (χ0n) is 16.1. The third kappa shape index (κ3) is 6.33. The zero-order chi connectivity index (χ0) is 20.5. The standard InChI is InChI=1S/C23H22N2O3S/c1-2-27-20-12-8-18(9-13-20)22(26)25-23(29)24-19-10-14-21(15-11-19)28-16-17-6-4-3-5-7-17/h3-15H,2,16H2,1H3,(H2,24,25,26,29). The number of benzene rings is 3. The van der Waals surface area contributed by atoms with E-state index in [4.69, 9.17) is 21.7 Å². The lowest BCUT2D eigenvalue weighted by molar-refractivity contribution is 0.0977. The Kier molecular flexibility index (Phi) is 7.19. The fourth-order valence-corrected chi connectivity index (χ4v) is 2.79. The van der Waals surface area contributed by atoms with Crippen molar-refractivity contribution in [2.45, 2.75) is 13.5 Å². The van der Waals surface area contributed by atoms with Gasteiger partial charge >= 0.3 is 0 Å². The minimum atomic E-state index is -0.284. The van der Waals surface area contributed by atoms with Gasteiger partial charge in [0.25, 0.3) is 5.91 Å². The van der Waals surface area contributed by atoms with E-state index in [9.17, 15) is 4.79 Å². The minimum absolute atomic E-state index is 0.224. The Morgan fingerprint density at radius 3 is 2.14 bits per heavy atom. The number of rotatable bonds is 7. The molecule has 0 aliphatic rings. The van der Waals surface area contributed by atoms with Crippen molar-refractivity contribution in [3.05, 3.63) is 90.0 Å². The zero-order valence-corrected chi connectivity index (χ0v) is 16.9. The van der Waals surface area contributed by atoms with Gasteiger partial charge in [-0.3, -0.25) is 10.1 Å². The first-order chi connectivity index (χ1) is 14.1. The molecule has 1 amide bonds. The van der Waals surface area contributed by atoms with Crippen molar-refractivity contribution in [1.29, 1.82) is 0 Å². The van der Waals surface area contributed by atoms with Gasteiger partial charge < -0.3 is 14.8 Å². The van der Waals surface area contributed by atoms with Crippen molar-refractivity contribution in [2.75, 3.05) is 11.9 Å². The molecule has 0 aromatic heterocycles. The van der Waals surface area contributed by atoms with E-state index in [1.165, 1.54) is 0 Å². The van der Waals surface area contributed by atoms with Crippen LogP contribution < -0.4 is 20.1 Å². The summed E-state index contributed by atoms with van der Waals surface area (Å²) in [6.45, 7) is 2.99. The first-order valence-corrected chi connectivity index (χ1v) is 9.67. The van der Waals surface area contributed by atoms with Crippen molar-refractivity contribution >= 4 is 28.9 Å². The number of anilines is 1. The van der Waals surface area contributed by atoms with Gasteiger partial charge in [0.1, 0.15) is 18.1 Å². The number of carbonyl (C=O) groups is 1. The maximum absolute atomic E-state index is 12.3. The van der Waals surface area contributed by atoms with Crippen molar-refractivity contribution < 1.29 is 14.3 Å². The van der Waals surface area contributed by atoms with Crippen LogP contribution in [0.4, 0.5) is 5.69 Å². The Bertz CT molecular complexity index is 942. The molecule has 0 unspecified atom stereocenters. The van der Waals surface area contributed by atoms with E-state index in [2.05, 4.69) is 10.6 Å². The van der Waals surface area contributed by atoms with Gasteiger partial charge in [0.2, 0.25) is 0 Å². The molecule has 0 bridgehead atoms. The van der Waals surface area contributed by atoms with Gasteiger partial charge in [0.15, 0.2) is 5.11 Å². The highest BCUT2D eigenvalue weighted by molar-refractivity contribution is 7.80. The highest BCUT2D eigenvalue weighted by atomic mass is 32.1. The fraction of sp³-hybridized carbons (Fsp3) is 0.130. The van der Waals surface area contributed by atoms with Gasteiger partial charge in [-0.2, -0.15) is 0 Å². The van der Waals surface area contributed by atoms with E-state index in [1.54, 1.807) is 24.3 Å². The summed E-state index contributed by atoms with van der Waals surface area (Å²) in [6.07, 6.45) is 0. The van der Waals surface area contributed by atoms with E-state index in [-0.39, 0.29) is 11.0 Å². The van der Waals surface area contributed by atoms with Crippen molar-refractivity contribution in [2.24, 2.45) is 0 Å². The second-order valence-corrected chi connectivity index (χ2v) is 6.57. The van der Waals surface area contributed by atoms with Crippen LogP contribution in [0, 0.1) is 0 Å². The lowest BCUT2D eigenvalue weighted by atomic mass is 10.2. The van der Waals surface area contributed by atoms with Crippen molar-refractivity contribution in [3.8, 4) is 11.5 Å². The number of nitrogens with one attached hydrogen (secondary N) is 2. The van der Waals surface area contributed by atoms with Gasteiger partial charge in [-0.05, 0) is 73.2 Å². The molecule has 148 valence electrons. The molecular formula is C23H22N2O3S. The number of thiocarbonyl (C=S) groups is 1. The number of hydrogen-bond acceptors (Lipinski definition) is 4. The molecule has 2 N–H and O–H groups in total. The van der Waals surface area contributed by atoms with Crippen LogP contribution in [0.1, 0.15) is 22.8 Å². The quantitative estimate of drug-likeness (QED) is 0.553. The number of ether oxygens (including phenoxy) is 2. The molecule has 0 saturated heterocycles. The maximum Gasteiger partial charge on any atom is 0.257 e. The molecule has 0 spiro atoms. The van der Waals surface area contributed by atoms with E-state index in [1.807, 2.05) is 61.5 Å². The highest BCUT2D eigenvalue weighted by Crippen LogP contribution is 2.17. The van der Waals surface area contributed by atoms with Crippen LogP contribution in [0.2, 0.25) is 0 Å². The van der Waals surface area contributed by atoms with Gasteiger partial charge in [-0.25, -0.2) is 0 Å². The van der Waals surface area contributed by atoms with E-state index >= 15 is 0 Å². The average molecular weight is 407 g/mol. The SMILES string of the molecule is CCOc1ccc(C(=O)NC(=S)Nc2ccc(OCc3ccccc3)cc2)cc1. The largest absolute Gasteiger partial charge is 0.494 e. The summed E-state index contributed by atoms with van der Waals surface area (Å²) in [6, 6.07) is 24.2. The normalized spacial score (nSPS) is 10.1. The van der Waals surface area contributed by atoms with Crippen LogP contribution >= 0.6 is 12.2 Å². The molecule has 29 heavy (non-hydrogen) atoms. The smallest absolute Gasteiger partial charge is 0.257 e. The van der Waals surface area contributed by atoms with Gasteiger partial charge in [-0.15, -0.1) is 0 Å². The van der Waals surface area contributed by atoms with Crippen LogP contribution in [0.5, 0.6) is 11.5 Å². The van der Waals surface area contributed by atoms with Crippen LogP contribution in [-0.2, 0) is 6.61 Å². The number of hydrogen-bond donors (Lipinski definition) is 2. The molecule has 0 radical (unpaired) electrons. The molecule has 5 nitrogen and oxygen atoms in total. The number of carbonyl (C=O) groups excluding carboxylic acids is 1. The molecule has 0 saturated carbocycles. The topological polar surface area (TPSA) is 59.6 Å². The second-order valence-electron chi connectivity index (χ2n) is 6.16.